The lowest BCUT2D eigenvalue weighted by molar-refractivity contribution is 0.340. The first-order chi connectivity index (χ1) is 9.00. The van der Waals surface area contributed by atoms with E-state index >= 15 is 0 Å². The van der Waals surface area contributed by atoms with Crippen molar-refractivity contribution >= 4 is 10.0 Å². The molecule has 1 fully saturated rings. The molecule has 0 spiro atoms. The third-order valence-electron chi connectivity index (χ3n) is 3.40. The van der Waals surface area contributed by atoms with Crippen molar-refractivity contribution in [1.29, 1.82) is 5.26 Å². The lowest BCUT2D eigenvalue weighted by Gasteiger charge is -2.26. The van der Waals surface area contributed by atoms with Crippen LogP contribution in [0.5, 0.6) is 0 Å². The summed E-state index contributed by atoms with van der Waals surface area (Å²) in [5.41, 5.74) is 5.86. The van der Waals surface area contributed by atoms with Gasteiger partial charge in [0, 0.05) is 25.8 Å². The van der Waals surface area contributed by atoms with E-state index in [1.54, 1.807) is 7.05 Å². The van der Waals surface area contributed by atoms with Crippen LogP contribution in [0.1, 0.15) is 18.5 Å². The summed E-state index contributed by atoms with van der Waals surface area (Å²) in [6.07, 6.45) is 3.26. The molecule has 1 heterocycles. The molecular formula is C12H16N4O2S. The molecule has 1 unspecified atom stereocenters. The van der Waals surface area contributed by atoms with Crippen LogP contribution < -0.4 is 5.73 Å². The number of nitriles is 1. The molecule has 0 saturated heterocycles. The summed E-state index contributed by atoms with van der Waals surface area (Å²) in [4.78, 5) is 3.88. The van der Waals surface area contributed by atoms with E-state index in [0.29, 0.717) is 12.5 Å². The average molecular weight is 280 g/mol. The quantitative estimate of drug-likeness (QED) is 0.836. The van der Waals surface area contributed by atoms with Crippen molar-refractivity contribution in [2.75, 3.05) is 13.6 Å². The molecule has 7 heteroatoms. The topological polar surface area (TPSA) is 100 Å². The summed E-state index contributed by atoms with van der Waals surface area (Å²) in [7, 11) is -2.05. The first kappa shape index (κ1) is 13.9. The van der Waals surface area contributed by atoms with Crippen molar-refractivity contribution in [3.63, 3.8) is 0 Å². The molecular weight excluding hydrogens is 264 g/mol. The molecule has 0 aliphatic heterocycles. The Morgan fingerprint density at radius 3 is 2.68 bits per heavy atom. The monoisotopic (exact) mass is 280 g/mol. The zero-order valence-corrected chi connectivity index (χ0v) is 11.5. The van der Waals surface area contributed by atoms with Gasteiger partial charge in [-0.3, -0.25) is 0 Å². The van der Waals surface area contributed by atoms with Crippen molar-refractivity contribution in [2.24, 2.45) is 11.7 Å². The lowest BCUT2D eigenvalue weighted by Crippen LogP contribution is -2.43. The summed E-state index contributed by atoms with van der Waals surface area (Å²) in [6.45, 7) is 0.310. The molecule has 1 aromatic rings. The summed E-state index contributed by atoms with van der Waals surface area (Å²) < 4.78 is 26.2. The summed E-state index contributed by atoms with van der Waals surface area (Å²) >= 11 is 0. The fourth-order valence-electron chi connectivity index (χ4n) is 2.06. The van der Waals surface area contributed by atoms with E-state index in [1.165, 1.54) is 22.6 Å². The number of nitrogens with zero attached hydrogens (tertiary/aromatic N) is 3. The van der Waals surface area contributed by atoms with E-state index in [0.717, 1.165) is 12.8 Å². The number of hydrogen-bond donors (Lipinski definition) is 1. The minimum atomic E-state index is -3.60. The minimum absolute atomic E-state index is 0.0908. The standard InChI is InChI=1S/C12H16N4O2S/c1-16(12(7-14)9-2-3-9)19(17,18)11-5-4-10(6-13)15-8-11/h4-5,8-9,12H,2-3,7,14H2,1H3. The first-order valence-electron chi connectivity index (χ1n) is 6.05. The largest absolute Gasteiger partial charge is 0.329 e. The van der Waals surface area contributed by atoms with Crippen molar-refractivity contribution < 1.29 is 8.42 Å². The predicted molar refractivity (Wildman–Crippen MR) is 69.5 cm³/mol. The first-order valence-corrected chi connectivity index (χ1v) is 7.49. The van der Waals surface area contributed by atoms with E-state index < -0.39 is 10.0 Å². The Bertz CT molecular complexity index is 587. The zero-order chi connectivity index (χ0) is 14.0. The summed E-state index contributed by atoms with van der Waals surface area (Å²) in [5.74, 6) is 0.358. The van der Waals surface area contributed by atoms with Gasteiger partial charge in [-0.2, -0.15) is 9.57 Å². The van der Waals surface area contributed by atoms with E-state index in [-0.39, 0.29) is 16.6 Å². The molecule has 0 radical (unpaired) electrons. The van der Waals surface area contributed by atoms with Crippen LogP contribution >= 0.6 is 0 Å². The second-order valence-electron chi connectivity index (χ2n) is 4.65. The van der Waals surface area contributed by atoms with E-state index in [4.69, 9.17) is 11.0 Å². The Kier molecular flexibility index (Phi) is 3.85. The van der Waals surface area contributed by atoms with Gasteiger partial charge in [0.25, 0.3) is 0 Å². The average Bonchev–Trinajstić information content (AvgIpc) is 3.24. The van der Waals surface area contributed by atoms with Crippen molar-refractivity contribution in [2.45, 2.75) is 23.8 Å². The highest BCUT2D eigenvalue weighted by Crippen LogP contribution is 2.36. The highest BCUT2D eigenvalue weighted by atomic mass is 32.2. The molecule has 0 aromatic carbocycles. The SMILES string of the molecule is CN(C(CN)C1CC1)S(=O)(=O)c1ccc(C#N)nc1. The van der Waals surface area contributed by atoms with Gasteiger partial charge in [-0.25, -0.2) is 13.4 Å². The van der Waals surface area contributed by atoms with Gasteiger partial charge < -0.3 is 5.73 Å². The maximum atomic E-state index is 12.4. The van der Waals surface area contributed by atoms with Gasteiger partial charge in [0.2, 0.25) is 10.0 Å². The third-order valence-corrected chi connectivity index (χ3v) is 5.27. The number of nitrogens with two attached hydrogens (primary N) is 1. The summed E-state index contributed by atoms with van der Waals surface area (Å²) in [5, 5.41) is 8.66. The van der Waals surface area contributed by atoms with Crippen molar-refractivity contribution in [3.8, 4) is 6.07 Å². The number of rotatable bonds is 5. The highest BCUT2D eigenvalue weighted by molar-refractivity contribution is 7.89. The summed E-state index contributed by atoms with van der Waals surface area (Å²) in [6, 6.07) is 4.49. The van der Waals surface area contributed by atoms with Gasteiger partial charge in [-0.1, -0.05) is 0 Å². The highest BCUT2D eigenvalue weighted by Gasteiger charge is 2.38. The molecule has 2 rings (SSSR count). The molecule has 1 atom stereocenters. The van der Waals surface area contributed by atoms with E-state index in [9.17, 15) is 8.42 Å². The molecule has 0 amide bonds. The molecule has 102 valence electrons. The van der Waals surface area contributed by atoms with Gasteiger partial charge in [-0.15, -0.1) is 0 Å². The minimum Gasteiger partial charge on any atom is -0.329 e. The van der Waals surface area contributed by atoms with Gasteiger partial charge in [0.05, 0.1) is 0 Å². The molecule has 1 aliphatic carbocycles. The van der Waals surface area contributed by atoms with Crippen molar-refractivity contribution in [3.05, 3.63) is 24.0 Å². The number of hydrogen-bond acceptors (Lipinski definition) is 5. The normalized spacial score (nSPS) is 17.2. The van der Waals surface area contributed by atoms with Gasteiger partial charge in [0.15, 0.2) is 0 Å². The Morgan fingerprint density at radius 2 is 2.26 bits per heavy atom. The zero-order valence-electron chi connectivity index (χ0n) is 10.7. The molecule has 19 heavy (non-hydrogen) atoms. The van der Waals surface area contributed by atoms with Crippen LogP contribution in [-0.4, -0.2) is 37.3 Å². The number of pyridine rings is 1. The van der Waals surface area contributed by atoms with Crippen LogP contribution in [0.2, 0.25) is 0 Å². The van der Waals surface area contributed by atoms with Gasteiger partial charge >= 0.3 is 0 Å². The Labute approximate surface area is 112 Å². The van der Waals surface area contributed by atoms with Crippen molar-refractivity contribution in [1.82, 2.24) is 9.29 Å². The van der Waals surface area contributed by atoms with E-state index in [2.05, 4.69) is 4.98 Å². The molecule has 2 N–H and O–H groups in total. The Hall–Kier alpha value is -1.49. The number of sulfonamides is 1. The fourth-order valence-corrected chi connectivity index (χ4v) is 3.44. The smallest absolute Gasteiger partial charge is 0.244 e. The van der Waals surface area contributed by atoms with Crippen LogP contribution in [-0.2, 0) is 10.0 Å². The maximum Gasteiger partial charge on any atom is 0.244 e. The van der Waals surface area contributed by atoms with Crippen LogP contribution in [0.15, 0.2) is 23.2 Å². The predicted octanol–water partition coefficient (Wildman–Crippen LogP) is 0.311. The second-order valence-corrected chi connectivity index (χ2v) is 6.65. The fraction of sp³-hybridized carbons (Fsp3) is 0.500. The van der Waals surface area contributed by atoms with Crippen LogP contribution in [0.3, 0.4) is 0 Å². The molecule has 6 nitrogen and oxygen atoms in total. The Balaban J connectivity index is 2.27. The van der Waals surface area contributed by atoms with Crippen LogP contribution in [0.4, 0.5) is 0 Å². The molecule has 1 aromatic heterocycles. The molecule has 1 aliphatic rings. The van der Waals surface area contributed by atoms with Crippen LogP contribution in [0, 0.1) is 17.2 Å². The second kappa shape index (κ2) is 5.25. The third kappa shape index (κ3) is 2.76. The molecule has 1 saturated carbocycles. The number of likely N-dealkylation sites (N-methyl/N-ethyl adjacent to an activating group) is 1. The molecule has 0 bridgehead atoms. The van der Waals surface area contributed by atoms with Gasteiger partial charge in [-0.05, 0) is 30.9 Å². The van der Waals surface area contributed by atoms with Gasteiger partial charge in [0.1, 0.15) is 16.7 Å². The maximum absolute atomic E-state index is 12.4. The van der Waals surface area contributed by atoms with Crippen LogP contribution in [0.25, 0.3) is 0 Å². The Morgan fingerprint density at radius 1 is 1.58 bits per heavy atom. The number of aromatic nitrogens is 1. The lowest BCUT2D eigenvalue weighted by atomic mass is 10.2. The van der Waals surface area contributed by atoms with E-state index in [1.807, 2.05) is 6.07 Å².